The van der Waals surface area contributed by atoms with Gasteiger partial charge in [0.25, 0.3) is 0 Å². The van der Waals surface area contributed by atoms with E-state index in [1.165, 1.54) is 0 Å². The largest absolute Gasteiger partial charge is 0.364 e. The second kappa shape index (κ2) is 8.66. The fourth-order valence-electron chi connectivity index (χ4n) is 3.59. The summed E-state index contributed by atoms with van der Waals surface area (Å²) in [7, 11) is 0. The number of aromatic nitrogens is 4. The van der Waals surface area contributed by atoms with Gasteiger partial charge in [0.05, 0.1) is 23.1 Å². The van der Waals surface area contributed by atoms with Crippen molar-refractivity contribution in [1.29, 1.82) is 0 Å². The van der Waals surface area contributed by atoms with Crippen LogP contribution < -0.4 is 5.32 Å². The van der Waals surface area contributed by atoms with Crippen LogP contribution in [0.5, 0.6) is 0 Å². The number of hydrogen-bond donors (Lipinski definition) is 1. The monoisotopic (exact) mass is 413 g/mol. The van der Waals surface area contributed by atoms with Crippen molar-refractivity contribution in [2.24, 2.45) is 0 Å². The van der Waals surface area contributed by atoms with E-state index in [0.717, 1.165) is 39.1 Å². The maximum absolute atomic E-state index is 5.44. The van der Waals surface area contributed by atoms with Crippen molar-refractivity contribution in [3.05, 3.63) is 103 Å². The van der Waals surface area contributed by atoms with Gasteiger partial charge in [-0.15, -0.1) is 6.42 Å². The Balaban J connectivity index is 1.67. The molecule has 0 fully saturated rings. The molecule has 0 amide bonds. The predicted molar refractivity (Wildman–Crippen MR) is 128 cm³/mol. The standard InChI is InChI=1S/C27H19N5/c1-2-21-15-14-20(17-29-21)26-31-24-13-8-12-23(19-9-4-3-5-10-19)25(24)27(32-26)30-18-22-11-6-7-16-28-22/h1,3-17H,18H2,(H,30,31,32). The Hall–Kier alpha value is -4.56. The molecule has 0 radical (unpaired) electrons. The van der Waals surface area contributed by atoms with Crippen LogP contribution in [0.2, 0.25) is 0 Å². The van der Waals surface area contributed by atoms with Crippen LogP contribution in [-0.2, 0) is 6.54 Å². The summed E-state index contributed by atoms with van der Waals surface area (Å²) in [5, 5.41) is 4.44. The smallest absolute Gasteiger partial charge is 0.163 e. The number of rotatable bonds is 5. The molecule has 0 unspecified atom stereocenters. The van der Waals surface area contributed by atoms with Crippen LogP contribution in [0.25, 0.3) is 33.4 Å². The zero-order valence-corrected chi connectivity index (χ0v) is 17.2. The topological polar surface area (TPSA) is 63.6 Å². The number of terminal acetylenes is 1. The van der Waals surface area contributed by atoms with Crippen molar-refractivity contribution < 1.29 is 0 Å². The van der Waals surface area contributed by atoms with Gasteiger partial charge in [0.2, 0.25) is 0 Å². The lowest BCUT2D eigenvalue weighted by atomic mass is 10.0. The van der Waals surface area contributed by atoms with Gasteiger partial charge in [0, 0.05) is 18.0 Å². The van der Waals surface area contributed by atoms with Crippen molar-refractivity contribution in [2.45, 2.75) is 6.54 Å². The van der Waals surface area contributed by atoms with Gasteiger partial charge < -0.3 is 5.32 Å². The van der Waals surface area contributed by atoms with E-state index in [2.05, 4.69) is 39.4 Å². The lowest BCUT2D eigenvalue weighted by Gasteiger charge is -2.14. The minimum atomic E-state index is 0.545. The molecular weight excluding hydrogens is 394 g/mol. The molecule has 5 nitrogen and oxygen atoms in total. The van der Waals surface area contributed by atoms with E-state index in [9.17, 15) is 0 Å². The summed E-state index contributed by atoms with van der Waals surface area (Å²) >= 11 is 0. The summed E-state index contributed by atoms with van der Waals surface area (Å²) in [6.45, 7) is 0.545. The molecule has 2 aromatic carbocycles. The molecule has 3 heterocycles. The summed E-state index contributed by atoms with van der Waals surface area (Å²) < 4.78 is 0. The van der Waals surface area contributed by atoms with Gasteiger partial charge in [0.1, 0.15) is 11.5 Å². The van der Waals surface area contributed by atoms with E-state index >= 15 is 0 Å². The Labute approximate surface area is 186 Å². The van der Waals surface area contributed by atoms with Crippen LogP contribution in [0.15, 0.2) is 91.3 Å². The third kappa shape index (κ3) is 3.90. The molecule has 0 aliphatic heterocycles. The van der Waals surface area contributed by atoms with Gasteiger partial charge in [-0.25, -0.2) is 15.0 Å². The van der Waals surface area contributed by atoms with Crippen LogP contribution in [0, 0.1) is 12.3 Å². The SMILES string of the molecule is C#Cc1ccc(-c2nc(NCc3ccccn3)c3c(-c4ccccc4)cccc3n2)cn1. The van der Waals surface area contributed by atoms with E-state index in [4.69, 9.17) is 16.4 Å². The van der Waals surface area contributed by atoms with Gasteiger partial charge in [-0.1, -0.05) is 54.5 Å². The summed E-state index contributed by atoms with van der Waals surface area (Å²) in [6, 6.07) is 25.9. The average molecular weight is 413 g/mol. The molecule has 0 aliphatic carbocycles. The molecule has 5 aromatic rings. The lowest BCUT2D eigenvalue weighted by molar-refractivity contribution is 1.03. The van der Waals surface area contributed by atoms with Gasteiger partial charge in [-0.2, -0.15) is 0 Å². The number of nitrogens with zero attached hydrogens (tertiary/aromatic N) is 4. The summed E-state index contributed by atoms with van der Waals surface area (Å²) in [6.07, 6.45) is 8.94. The second-order valence-electron chi connectivity index (χ2n) is 7.21. The minimum Gasteiger partial charge on any atom is -0.364 e. The van der Waals surface area contributed by atoms with Crippen LogP contribution in [0.1, 0.15) is 11.4 Å². The highest BCUT2D eigenvalue weighted by Gasteiger charge is 2.14. The zero-order valence-electron chi connectivity index (χ0n) is 17.2. The van der Waals surface area contributed by atoms with E-state index in [1.54, 1.807) is 18.5 Å². The molecule has 32 heavy (non-hydrogen) atoms. The Bertz CT molecular complexity index is 1410. The maximum atomic E-state index is 5.44. The Kier molecular flexibility index (Phi) is 5.25. The third-order valence-electron chi connectivity index (χ3n) is 5.14. The molecule has 5 heteroatoms. The first-order valence-electron chi connectivity index (χ1n) is 10.2. The summed E-state index contributed by atoms with van der Waals surface area (Å²) in [5.74, 6) is 3.87. The molecule has 0 spiro atoms. The fraction of sp³-hybridized carbons (Fsp3) is 0.0370. The van der Waals surface area contributed by atoms with Crippen LogP contribution >= 0.6 is 0 Å². The van der Waals surface area contributed by atoms with Crippen molar-refractivity contribution in [3.63, 3.8) is 0 Å². The molecule has 0 aliphatic rings. The predicted octanol–water partition coefficient (Wildman–Crippen LogP) is 5.35. The van der Waals surface area contributed by atoms with Gasteiger partial charge in [-0.05, 0) is 41.5 Å². The van der Waals surface area contributed by atoms with Gasteiger partial charge >= 0.3 is 0 Å². The molecule has 3 aromatic heterocycles. The minimum absolute atomic E-state index is 0.545. The molecular formula is C27H19N5. The highest BCUT2D eigenvalue weighted by Crippen LogP contribution is 2.34. The van der Waals surface area contributed by atoms with Crippen molar-refractivity contribution in [3.8, 4) is 34.9 Å². The van der Waals surface area contributed by atoms with E-state index in [1.807, 2.05) is 54.6 Å². The van der Waals surface area contributed by atoms with Crippen molar-refractivity contribution in [1.82, 2.24) is 19.9 Å². The zero-order chi connectivity index (χ0) is 21.8. The number of fused-ring (bicyclic) bond motifs is 1. The second-order valence-corrected chi connectivity index (χ2v) is 7.21. The molecule has 5 rings (SSSR count). The Morgan fingerprint density at radius 3 is 2.41 bits per heavy atom. The van der Waals surface area contributed by atoms with Crippen molar-refractivity contribution in [2.75, 3.05) is 5.32 Å². The first-order chi connectivity index (χ1) is 15.8. The normalized spacial score (nSPS) is 10.6. The Morgan fingerprint density at radius 1 is 0.781 bits per heavy atom. The Morgan fingerprint density at radius 2 is 1.66 bits per heavy atom. The molecule has 0 atom stereocenters. The summed E-state index contributed by atoms with van der Waals surface area (Å²) in [5.41, 5.74) is 5.33. The van der Waals surface area contributed by atoms with E-state index < -0.39 is 0 Å². The molecule has 0 saturated heterocycles. The quantitative estimate of drug-likeness (QED) is 0.394. The van der Waals surface area contributed by atoms with Gasteiger partial charge in [-0.3, -0.25) is 4.98 Å². The molecule has 0 bridgehead atoms. The molecule has 0 saturated carbocycles. The average Bonchev–Trinajstić information content (AvgIpc) is 2.88. The highest BCUT2D eigenvalue weighted by molar-refractivity contribution is 6.02. The summed E-state index contributed by atoms with van der Waals surface area (Å²) in [4.78, 5) is 18.4. The number of benzene rings is 2. The molecule has 152 valence electrons. The third-order valence-corrected chi connectivity index (χ3v) is 5.14. The van der Waals surface area contributed by atoms with Gasteiger partial charge in [0.15, 0.2) is 5.82 Å². The van der Waals surface area contributed by atoms with E-state index in [-0.39, 0.29) is 0 Å². The van der Waals surface area contributed by atoms with E-state index in [0.29, 0.717) is 18.1 Å². The molecule has 1 N–H and O–H groups in total. The number of anilines is 1. The first kappa shape index (κ1) is 19.4. The number of pyridine rings is 2. The first-order valence-corrected chi connectivity index (χ1v) is 10.2. The number of nitrogens with one attached hydrogen (secondary N) is 1. The van der Waals surface area contributed by atoms with Crippen molar-refractivity contribution >= 4 is 16.7 Å². The van der Waals surface area contributed by atoms with Crippen LogP contribution in [0.3, 0.4) is 0 Å². The van der Waals surface area contributed by atoms with Crippen LogP contribution in [-0.4, -0.2) is 19.9 Å². The maximum Gasteiger partial charge on any atom is 0.163 e. The van der Waals surface area contributed by atoms with Crippen LogP contribution in [0.4, 0.5) is 5.82 Å². The number of hydrogen-bond acceptors (Lipinski definition) is 5. The fourth-order valence-corrected chi connectivity index (χ4v) is 3.59. The highest BCUT2D eigenvalue weighted by atomic mass is 15.0. The lowest BCUT2D eigenvalue weighted by Crippen LogP contribution is -2.06.